The van der Waals surface area contributed by atoms with Crippen LogP contribution in [0.1, 0.15) is 23.6 Å². The summed E-state index contributed by atoms with van der Waals surface area (Å²) in [5.41, 5.74) is 4.71. The van der Waals surface area contributed by atoms with Crippen LogP contribution >= 0.6 is 0 Å². The number of fused-ring (bicyclic) bond motifs is 1. The summed E-state index contributed by atoms with van der Waals surface area (Å²) in [7, 11) is -3.72. The van der Waals surface area contributed by atoms with E-state index in [0.29, 0.717) is 12.2 Å². The van der Waals surface area contributed by atoms with Gasteiger partial charge in [0.25, 0.3) is 0 Å². The van der Waals surface area contributed by atoms with E-state index in [4.69, 9.17) is 0 Å². The summed E-state index contributed by atoms with van der Waals surface area (Å²) in [6, 6.07) is 22.8. The average molecular weight is 417 g/mol. The van der Waals surface area contributed by atoms with E-state index >= 15 is 0 Å². The van der Waals surface area contributed by atoms with Crippen LogP contribution in [0.5, 0.6) is 0 Å². The number of aryl methyl sites for hydroxylation is 2. The summed E-state index contributed by atoms with van der Waals surface area (Å²) < 4.78 is 26.9. The van der Waals surface area contributed by atoms with Gasteiger partial charge in [0.1, 0.15) is 4.90 Å². The summed E-state index contributed by atoms with van der Waals surface area (Å²) in [6.07, 6.45) is 2.32. The fourth-order valence-corrected chi connectivity index (χ4v) is 4.83. The number of anilines is 1. The Morgan fingerprint density at radius 1 is 0.867 bits per heavy atom. The number of nitrogens with zero attached hydrogens (tertiary/aromatic N) is 1. The first-order valence-corrected chi connectivity index (χ1v) is 11.5. The maximum atomic E-state index is 13.5. The molecule has 30 heavy (non-hydrogen) atoms. The Morgan fingerprint density at radius 3 is 2.23 bits per heavy atom. The summed E-state index contributed by atoms with van der Waals surface area (Å²) in [5, 5.41) is 4.16. The highest BCUT2D eigenvalue weighted by Gasteiger charge is 2.23. The number of benzene rings is 3. The van der Waals surface area contributed by atoms with Crippen molar-refractivity contribution in [2.24, 2.45) is 0 Å². The van der Waals surface area contributed by atoms with E-state index in [1.54, 1.807) is 12.1 Å². The first kappa shape index (κ1) is 20.1. The lowest BCUT2D eigenvalue weighted by Crippen LogP contribution is -2.09. The third-order valence-corrected chi connectivity index (χ3v) is 7.04. The van der Waals surface area contributed by atoms with Crippen LogP contribution in [0.2, 0.25) is 0 Å². The fraction of sp³-hybridized carbons (Fsp3) is 0.160. The third kappa shape index (κ3) is 3.94. The molecule has 0 saturated carbocycles. The zero-order chi connectivity index (χ0) is 21.1. The van der Waals surface area contributed by atoms with Crippen LogP contribution in [0, 0.1) is 6.92 Å². The monoisotopic (exact) mass is 416 g/mol. The number of pyridine rings is 1. The minimum absolute atomic E-state index is 0.192. The molecule has 0 atom stereocenters. The highest BCUT2D eigenvalue weighted by atomic mass is 32.2. The third-order valence-electron chi connectivity index (χ3n) is 5.26. The van der Waals surface area contributed by atoms with Crippen molar-refractivity contribution in [3.63, 3.8) is 0 Å². The molecular formula is C25H24N2O2S. The van der Waals surface area contributed by atoms with Crippen LogP contribution in [0.4, 0.5) is 5.69 Å². The number of hydrogen-bond acceptors (Lipinski definition) is 4. The molecule has 0 radical (unpaired) electrons. The second kappa shape index (κ2) is 8.28. The predicted octanol–water partition coefficient (Wildman–Crippen LogP) is 5.55. The second-order valence-corrected chi connectivity index (χ2v) is 9.27. The molecule has 4 nitrogen and oxygen atoms in total. The molecule has 152 valence electrons. The molecule has 4 rings (SSSR count). The van der Waals surface area contributed by atoms with Gasteiger partial charge in [-0.15, -0.1) is 0 Å². The molecule has 1 aromatic heterocycles. The van der Waals surface area contributed by atoms with Gasteiger partial charge in [-0.1, -0.05) is 67.1 Å². The maximum absolute atomic E-state index is 13.5. The zero-order valence-electron chi connectivity index (χ0n) is 17.1. The van der Waals surface area contributed by atoms with Gasteiger partial charge in [-0.05, 0) is 42.7 Å². The van der Waals surface area contributed by atoms with E-state index in [2.05, 4.69) is 22.4 Å². The van der Waals surface area contributed by atoms with E-state index < -0.39 is 9.84 Å². The van der Waals surface area contributed by atoms with Crippen molar-refractivity contribution in [1.29, 1.82) is 0 Å². The van der Waals surface area contributed by atoms with Crippen molar-refractivity contribution in [3.05, 3.63) is 95.7 Å². The van der Waals surface area contributed by atoms with Gasteiger partial charge in [0.15, 0.2) is 0 Å². The summed E-state index contributed by atoms with van der Waals surface area (Å²) >= 11 is 0. The lowest BCUT2D eigenvalue weighted by molar-refractivity contribution is 0.596. The Labute approximate surface area is 177 Å². The molecule has 1 N–H and O–H groups in total. The topological polar surface area (TPSA) is 59.1 Å². The maximum Gasteiger partial charge on any atom is 0.210 e. The van der Waals surface area contributed by atoms with Gasteiger partial charge in [0, 0.05) is 18.1 Å². The van der Waals surface area contributed by atoms with Gasteiger partial charge < -0.3 is 5.32 Å². The van der Waals surface area contributed by atoms with Gasteiger partial charge in [0.05, 0.1) is 16.1 Å². The molecule has 1 heterocycles. The van der Waals surface area contributed by atoms with Crippen molar-refractivity contribution < 1.29 is 8.42 Å². The van der Waals surface area contributed by atoms with E-state index in [1.165, 1.54) is 11.8 Å². The standard InChI is InChI=1S/C25H24N2O2S/c1-3-19-12-14-21(15-13-19)30(28,29)24-17-26-23-7-5-4-6-22(23)25(24)27-16-20-10-8-18(2)9-11-20/h4-15,17H,3,16H2,1-2H3,(H,26,27). The minimum atomic E-state index is -3.72. The number of rotatable bonds is 6. The molecule has 0 fully saturated rings. The van der Waals surface area contributed by atoms with E-state index in [1.807, 2.05) is 62.4 Å². The largest absolute Gasteiger partial charge is 0.379 e. The summed E-state index contributed by atoms with van der Waals surface area (Å²) in [5.74, 6) is 0. The molecule has 0 aliphatic rings. The van der Waals surface area contributed by atoms with Gasteiger partial charge in [-0.3, -0.25) is 4.98 Å². The average Bonchev–Trinajstić information content (AvgIpc) is 2.78. The molecule has 3 aromatic carbocycles. The lowest BCUT2D eigenvalue weighted by Gasteiger charge is -2.15. The normalized spacial score (nSPS) is 11.5. The molecule has 5 heteroatoms. The van der Waals surface area contributed by atoms with Crippen LogP contribution in [0.3, 0.4) is 0 Å². The molecule has 0 bridgehead atoms. The van der Waals surface area contributed by atoms with Crippen molar-refractivity contribution in [3.8, 4) is 0 Å². The highest BCUT2D eigenvalue weighted by molar-refractivity contribution is 7.91. The first-order chi connectivity index (χ1) is 14.5. The smallest absolute Gasteiger partial charge is 0.210 e. The van der Waals surface area contributed by atoms with Crippen LogP contribution in [-0.4, -0.2) is 13.4 Å². The van der Waals surface area contributed by atoms with Crippen molar-refractivity contribution in [2.45, 2.75) is 36.6 Å². The molecule has 0 spiro atoms. The van der Waals surface area contributed by atoms with Crippen LogP contribution in [0.15, 0.2) is 88.8 Å². The summed E-state index contributed by atoms with van der Waals surface area (Å²) in [6.45, 7) is 4.61. The lowest BCUT2D eigenvalue weighted by atomic mass is 10.1. The number of sulfone groups is 1. The minimum Gasteiger partial charge on any atom is -0.379 e. The van der Waals surface area contributed by atoms with Gasteiger partial charge in [0.2, 0.25) is 9.84 Å². The molecule has 0 aliphatic heterocycles. The SMILES string of the molecule is CCc1ccc(S(=O)(=O)c2cnc3ccccc3c2NCc2ccc(C)cc2)cc1. The van der Waals surface area contributed by atoms with Gasteiger partial charge in [-0.25, -0.2) is 8.42 Å². The van der Waals surface area contributed by atoms with Crippen LogP contribution in [-0.2, 0) is 22.8 Å². The number of hydrogen-bond donors (Lipinski definition) is 1. The summed E-state index contributed by atoms with van der Waals surface area (Å²) in [4.78, 5) is 4.88. The van der Waals surface area contributed by atoms with Crippen molar-refractivity contribution in [1.82, 2.24) is 4.98 Å². The molecular weight excluding hydrogens is 392 g/mol. The zero-order valence-corrected chi connectivity index (χ0v) is 17.9. The van der Waals surface area contributed by atoms with Crippen molar-refractivity contribution >= 4 is 26.4 Å². The quantitative estimate of drug-likeness (QED) is 0.448. The van der Waals surface area contributed by atoms with E-state index in [0.717, 1.165) is 28.5 Å². The van der Waals surface area contributed by atoms with Gasteiger partial charge in [-0.2, -0.15) is 0 Å². The first-order valence-electron chi connectivity index (χ1n) is 10.00. The molecule has 0 saturated heterocycles. The Morgan fingerprint density at radius 2 is 1.53 bits per heavy atom. The fourth-order valence-electron chi connectivity index (χ4n) is 3.44. The van der Waals surface area contributed by atoms with Crippen LogP contribution in [0.25, 0.3) is 10.9 Å². The van der Waals surface area contributed by atoms with Crippen molar-refractivity contribution in [2.75, 3.05) is 5.32 Å². The Hall–Kier alpha value is -3.18. The number of para-hydroxylation sites is 1. The molecule has 0 aliphatic carbocycles. The molecule has 4 aromatic rings. The van der Waals surface area contributed by atoms with E-state index in [9.17, 15) is 8.42 Å². The predicted molar refractivity (Wildman–Crippen MR) is 122 cm³/mol. The Balaban J connectivity index is 1.80. The Bertz CT molecular complexity index is 1280. The molecule has 0 unspecified atom stereocenters. The second-order valence-electron chi connectivity index (χ2n) is 7.35. The van der Waals surface area contributed by atoms with E-state index in [-0.39, 0.29) is 9.79 Å². The molecule has 0 amide bonds. The Kier molecular flexibility index (Phi) is 5.55. The number of nitrogens with one attached hydrogen (secondary N) is 1. The van der Waals surface area contributed by atoms with Crippen LogP contribution < -0.4 is 5.32 Å². The van der Waals surface area contributed by atoms with Gasteiger partial charge >= 0.3 is 0 Å². The number of aromatic nitrogens is 1. The highest BCUT2D eigenvalue weighted by Crippen LogP contribution is 2.33.